The summed E-state index contributed by atoms with van der Waals surface area (Å²) in [6.45, 7) is 1.97. The van der Waals surface area contributed by atoms with Crippen molar-refractivity contribution in [2.24, 2.45) is 0 Å². The summed E-state index contributed by atoms with van der Waals surface area (Å²) in [6.07, 6.45) is -5.26. The van der Waals surface area contributed by atoms with E-state index in [2.05, 4.69) is 0 Å². The second-order valence-corrected chi connectivity index (χ2v) is 5.73. The predicted molar refractivity (Wildman–Crippen MR) is 82.1 cm³/mol. The number of halogens is 4. The van der Waals surface area contributed by atoms with Gasteiger partial charge >= 0.3 is 11.9 Å². The zero-order valence-corrected chi connectivity index (χ0v) is 13.5. The van der Waals surface area contributed by atoms with Gasteiger partial charge in [0.25, 0.3) is 5.52 Å². The van der Waals surface area contributed by atoms with Crippen molar-refractivity contribution in [1.82, 2.24) is 4.73 Å². The highest BCUT2D eigenvalue weighted by atomic mass is 19.4. The largest absolute Gasteiger partial charge is 0.805 e. The molecule has 1 fully saturated rings. The summed E-state index contributed by atoms with van der Waals surface area (Å²) >= 11 is 0. The molecule has 0 spiro atoms. The SMILES string of the molecule is CC(=O)c1c(C(F)(F)F)n([O-])c2cc(F)c(N3CCOCC3)cc2[n+]1=O. The number of benzene rings is 1. The zero-order valence-electron chi connectivity index (χ0n) is 13.5. The van der Waals surface area contributed by atoms with Crippen LogP contribution in [0.1, 0.15) is 23.1 Å². The molecule has 3 rings (SSSR count). The normalized spacial score (nSPS) is 15.5. The molecular formula is C15H13F4N3O4. The lowest BCUT2D eigenvalue weighted by molar-refractivity contribution is -0.470. The molecule has 0 radical (unpaired) electrons. The van der Waals surface area contributed by atoms with Crippen molar-refractivity contribution in [1.29, 1.82) is 0 Å². The standard InChI is InChI=1S/C15H13F4N3O4/c1-8(23)13-14(15(17,18)19)22(25)11-6-9(16)10(7-12(11)21(13)24)20-2-4-26-5-3-20/h6-7H,2-5H2,1H3. The molecule has 0 unspecified atom stereocenters. The van der Waals surface area contributed by atoms with E-state index in [4.69, 9.17) is 4.74 Å². The van der Waals surface area contributed by atoms with Crippen LogP contribution in [0.15, 0.2) is 12.1 Å². The van der Waals surface area contributed by atoms with E-state index < -0.39 is 44.9 Å². The summed E-state index contributed by atoms with van der Waals surface area (Å²) in [5.41, 5.74) is -4.70. The number of carbonyl (C=O) groups is 1. The molecule has 1 saturated heterocycles. The zero-order chi connectivity index (χ0) is 19.2. The quantitative estimate of drug-likeness (QED) is 0.456. The molecule has 0 aliphatic carbocycles. The molecule has 2 aromatic rings. The molecule has 26 heavy (non-hydrogen) atoms. The Balaban J connectivity index is 2.36. The number of alkyl halides is 3. The number of ether oxygens (including phenoxy) is 1. The van der Waals surface area contributed by atoms with Crippen LogP contribution in [0.5, 0.6) is 0 Å². The van der Waals surface area contributed by atoms with Crippen molar-refractivity contribution in [2.75, 3.05) is 31.2 Å². The molecular weight excluding hydrogens is 362 g/mol. The average Bonchev–Trinajstić information content (AvgIpc) is 2.56. The lowest BCUT2D eigenvalue weighted by Crippen LogP contribution is -2.37. The number of ketones is 1. The third-order valence-electron chi connectivity index (χ3n) is 4.07. The fourth-order valence-electron chi connectivity index (χ4n) is 2.90. The minimum absolute atomic E-state index is 0.0559. The van der Waals surface area contributed by atoms with Crippen LogP contribution in [0.2, 0.25) is 0 Å². The number of rotatable bonds is 2. The van der Waals surface area contributed by atoms with Gasteiger partial charge in [-0.25, -0.2) is 4.39 Å². The summed E-state index contributed by atoms with van der Waals surface area (Å²) in [4.78, 5) is 25.6. The van der Waals surface area contributed by atoms with Crippen LogP contribution in [0, 0.1) is 15.9 Å². The summed E-state index contributed by atoms with van der Waals surface area (Å²) < 4.78 is 58.3. The number of anilines is 1. The second-order valence-electron chi connectivity index (χ2n) is 5.73. The van der Waals surface area contributed by atoms with Crippen molar-refractivity contribution >= 4 is 22.5 Å². The van der Waals surface area contributed by atoms with E-state index in [0.29, 0.717) is 32.4 Å². The Morgan fingerprint density at radius 2 is 1.88 bits per heavy atom. The van der Waals surface area contributed by atoms with E-state index in [9.17, 15) is 32.5 Å². The van der Waals surface area contributed by atoms with Crippen molar-refractivity contribution < 1.29 is 31.5 Å². The Morgan fingerprint density at radius 1 is 1.27 bits per heavy atom. The van der Waals surface area contributed by atoms with Gasteiger partial charge in [0, 0.05) is 37.1 Å². The predicted octanol–water partition coefficient (Wildman–Crippen LogP) is 2.10. The minimum atomic E-state index is -5.26. The molecule has 1 aromatic carbocycles. The molecule has 0 amide bonds. The van der Waals surface area contributed by atoms with Gasteiger partial charge in [-0.15, -0.1) is 0 Å². The van der Waals surface area contributed by atoms with Crippen molar-refractivity contribution in [3.8, 4) is 0 Å². The Labute approximate surface area is 143 Å². The number of morpholine rings is 1. The molecule has 0 N–H and O–H groups in total. The Bertz CT molecular complexity index is 949. The van der Waals surface area contributed by atoms with E-state index in [0.717, 1.165) is 13.0 Å². The van der Waals surface area contributed by atoms with Crippen LogP contribution in [0.3, 0.4) is 0 Å². The number of aromatic nitrogens is 2. The summed E-state index contributed by atoms with van der Waals surface area (Å²) in [7, 11) is 0. The van der Waals surface area contributed by atoms with Crippen LogP contribution in [0.25, 0.3) is 11.0 Å². The maximum Gasteiger partial charge on any atom is 0.438 e. The van der Waals surface area contributed by atoms with Gasteiger partial charge in [0.1, 0.15) is 11.3 Å². The maximum atomic E-state index is 14.4. The molecule has 2 heterocycles. The summed E-state index contributed by atoms with van der Waals surface area (Å²) in [6, 6.07) is 1.55. The lowest BCUT2D eigenvalue weighted by Gasteiger charge is -2.29. The number of fused-ring (bicyclic) bond motifs is 1. The van der Waals surface area contributed by atoms with E-state index in [-0.39, 0.29) is 10.1 Å². The third-order valence-corrected chi connectivity index (χ3v) is 4.07. The lowest BCUT2D eigenvalue weighted by atomic mass is 10.1. The molecule has 140 valence electrons. The number of hydrogen-bond donors (Lipinski definition) is 0. The number of carbonyl (C=O) groups excluding carboxylic acids is 1. The van der Waals surface area contributed by atoms with Gasteiger partial charge in [0.2, 0.25) is 11.5 Å². The molecule has 1 aliphatic rings. The fourth-order valence-corrected chi connectivity index (χ4v) is 2.90. The molecule has 0 saturated carbocycles. The fraction of sp³-hybridized carbons (Fsp3) is 0.400. The average molecular weight is 375 g/mol. The van der Waals surface area contributed by atoms with Crippen molar-refractivity contribution in [3.63, 3.8) is 0 Å². The Morgan fingerprint density at radius 3 is 2.42 bits per heavy atom. The monoisotopic (exact) mass is 375 g/mol. The Hall–Kier alpha value is -2.69. The number of Topliss-reactive ketones (excluding diaryl/α,β-unsaturated/α-hetero) is 1. The first-order valence-electron chi connectivity index (χ1n) is 7.56. The maximum absolute atomic E-state index is 14.4. The number of hydrogen-bond acceptors (Lipinski definition) is 5. The Kier molecular flexibility index (Phi) is 4.34. The van der Waals surface area contributed by atoms with Crippen LogP contribution in [0.4, 0.5) is 23.2 Å². The smallest absolute Gasteiger partial charge is 0.438 e. The first-order chi connectivity index (χ1) is 12.1. The van der Waals surface area contributed by atoms with Gasteiger partial charge in [-0.1, -0.05) is 0 Å². The highest BCUT2D eigenvalue weighted by Gasteiger charge is 2.44. The highest BCUT2D eigenvalue weighted by molar-refractivity contribution is 5.93. The molecule has 0 bridgehead atoms. The van der Waals surface area contributed by atoms with E-state index >= 15 is 0 Å². The van der Waals surface area contributed by atoms with Crippen LogP contribution in [-0.2, 0) is 10.9 Å². The third kappa shape index (κ3) is 2.87. The van der Waals surface area contributed by atoms with Crippen LogP contribution >= 0.6 is 0 Å². The second kappa shape index (κ2) is 6.24. The van der Waals surface area contributed by atoms with E-state index in [1.165, 1.54) is 0 Å². The van der Waals surface area contributed by atoms with Gasteiger partial charge < -0.3 is 19.6 Å². The highest BCUT2D eigenvalue weighted by Crippen LogP contribution is 2.34. The van der Waals surface area contributed by atoms with Gasteiger partial charge in [-0.3, -0.25) is 4.79 Å². The molecule has 11 heteroatoms. The molecule has 0 atom stereocenters. The topological polar surface area (TPSA) is 80.5 Å². The molecule has 1 aromatic heterocycles. The van der Waals surface area contributed by atoms with E-state index in [1.54, 1.807) is 4.90 Å². The van der Waals surface area contributed by atoms with Gasteiger partial charge in [0.15, 0.2) is 0 Å². The summed E-state index contributed by atoms with van der Waals surface area (Å²) in [5.74, 6) is -2.18. The van der Waals surface area contributed by atoms with Crippen LogP contribution < -0.4 is 9.33 Å². The van der Waals surface area contributed by atoms with Crippen LogP contribution in [-0.4, -0.2) is 36.8 Å². The minimum Gasteiger partial charge on any atom is -0.805 e. The summed E-state index contributed by atoms with van der Waals surface area (Å²) in [5, 5.41) is 12.2. The number of nitrogens with zero attached hydrogens (tertiary/aromatic N) is 3. The molecule has 1 aliphatic heterocycles. The van der Waals surface area contributed by atoms with Crippen molar-refractivity contribution in [3.05, 3.63) is 39.5 Å². The van der Waals surface area contributed by atoms with Crippen molar-refractivity contribution in [2.45, 2.75) is 13.1 Å². The van der Waals surface area contributed by atoms with Gasteiger partial charge in [-0.05, 0) is 0 Å². The van der Waals surface area contributed by atoms with E-state index in [1.807, 2.05) is 0 Å². The first-order valence-corrected chi connectivity index (χ1v) is 7.56. The van der Waals surface area contributed by atoms with Gasteiger partial charge in [-0.2, -0.15) is 13.2 Å². The first kappa shape index (κ1) is 18.1. The van der Waals surface area contributed by atoms with Gasteiger partial charge in [0.05, 0.1) is 23.3 Å². The molecule has 7 nitrogen and oxygen atoms in total.